The van der Waals surface area contributed by atoms with Gasteiger partial charge in [0.25, 0.3) is 5.56 Å². The van der Waals surface area contributed by atoms with Gasteiger partial charge >= 0.3 is 6.01 Å². The van der Waals surface area contributed by atoms with Gasteiger partial charge in [-0.2, -0.15) is 9.97 Å². The molecule has 0 amide bonds. The summed E-state index contributed by atoms with van der Waals surface area (Å²) in [6, 6.07) is 8.15. The number of pyridine rings is 1. The molecule has 226 valence electrons. The number of aromatic nitrogens is 3. The first kappa shape index (κ1) is 27.3. The summed E-state index contributed by atoms with van der Waals surface area (Å²) >= 11 is 0. The van der Waals surface area contributed by atoms with Gasteiger partial charge in [0.15, 0.2) is 0 Å². The van der Waals surface area contributed by atoms with Gasteiger partial charge in [-0.1, -0.05) is 12.0 Å². The Bertz CT molecular complexity index is 1910. The number of piperazine rings is 1. The number of aromatic hydroxyl groups is 1. The number of anilines is 1. The number of fused-ring (bicyclic) bond motifs is 5. The molecule has 9 nitrogen and oxygen atoms in total. The van der Waals surface area contributed by atoms with Crippen LogP contribution in [0, 0.1) is 18.2 Å². The Morgan fingerprint density at radius 3 is 2.75 bits per heavy atom. The largest absolute Gasteiger partial charge is 0.508 e. The van der Waals surface area contributed by atoms with Crippen molar-refractivity contribution in [1.82, 2.24) is 25.2 Å². The minimum Gasteiger partial charge on any atom is -0.508 e. The zero-order chi connectivity index (χ0) is 30.2. The zero-order valence-electron chi connectivity index (χ0n) is 24.1. The number of hydrogen-bond donors (Lipinski definition) is 3. The molecule has 11 heteroatoms. The molecule has 44 heavy (non-hydrogen) atoms. The summed E-state index contributed by atoms with van der Waals surface area (Å²) in [4.78, 5) is 30.6. The second kappa shape index (κ2) is 10.1. The molecule has 8 rings (SSSR count). The van der Waals surface area contributed by atoms with E-state index in [4.69, 9.17) is 21.1 Å². The lowest BCUT2D eigenvalue weighted by atomic mass is 9.95. The molecule has 3 N–H and O–H groups in total. The highest BCUT2D eigenvalue weighted by Crippen LogP contribution is 2.41. The predicted octanol–water partition coefficient (Wildman–Crippen LogP) is 3.86. The highest BCUT2D eigenvalue weighted by Gasteiger charge is 2.49. The van der Waals surface area contributed by atoms with Gasteiger partial charge in [0.2, 0.25) is 0 Å². The second-order valence-corrected chi connectivity index (χ2v) is 12.7. The average Bonchev–Trinajstić information content (AvgIpc) is 3.65. The molecule has 0 radical (unpaired) electrons. The predicted molar refractivity (Wildman–Crippen MR) is 163 cm³/mol. The Morgan fingerprint density at radius 1 is 1.14 bits per heavy atom. The molecule has 0 aliphatic carbocycles. The van der Waals surface area contributed by atoms with Crippen LogP contribution in [0.5, 0.6) is 11.8 Å². The average molecular weight is 599 g/mol. The number of terminal acetylenes is 1. The van der Waals surface area contributed by atoms with Crippen LogP contribution in [0.15, 0.2) is 35.1 Å². The van der Waals surface area contributed by atoms with Crippen LogP contribution in [-0.4, -0.2) is 81.5 Å². The van der Waals surface area contributed by atoms with Gasteiger partial charge in [0, 0.05) is 49.1 Å². The van der Waals surface area contributed by atoms with Crippen LogP contribution < -0.4 is 20.5 Å². The molecule has 4 aliphatic rings. The van der Waals surface area contributed by atoms with Gasteiger partial charge in [-0.3, -0.25) is 9.69 Å². The van der Waals surface area contributed by atoms with Crippen molar-refractivity contribution in [2.45, 2.75) is 55.9 Å². The van der Waals surface area contributed by atoms with Crippen molar-refractivity contribution >= 4 is 27.5 Å². The molecule has 4 fully saturated rings. The Morgan fingerprint density at radius 2 is 1.95 bits per heavy atom. The van der Waals surface area contributed by atoms with E-state index in [1.54, 1.807) is 6.07 Å². The van der Waals surface area contributed by atoms with Crippen molar-refractivity contribution in [2.24, 2.45) is 0 Å². The SMILES string of the molecule is C#Cc1c(F)ccc2cc(O)cc(-c3cc4nc(OCC56CCCN5C[C@H](F)C6)nc(N5CC6CCC(C5)N6)c4c(=O)[nH]3)c12. The number of H-pyrrole nitrogens is 1. The van der Waals surface area contributed by atoms with Gasteiger partial charge in [-0.15, -0.1) is 6.42 Å². The van der Waals surface area contributed by atoms with Gasteiger partial charge in [0.1, 0.15) is 35.5 Å². The first-order valence-electron chi connectivity index (χ1n) is 15.2. The topological polar surface area (TPSA) is 107 Å². The fourth-order valence-electron chi connectivity index (χ4n) is 7.96. The van der Waals surface area contributed by atoms with E-state index in [1.807, 2.05) is 0 Å². The Labute approximate surface area is 252 Å². The maximum atomic E-state index is 14.8. The van der Waals surface area contributed by atoms with Crippen LogP contribution >= 0.6 is 0 Å². The number of phenolic OH excluding ortho intramolecular Hbond substituents is 1. The lowest BCUT2D eigenvalue weighted by Gasteiger charge is -2.34. The fourth-order valence-corrected chi connectivity index (χ4v) is 7.96. The summed E-state index contributed by atoms with van der Waals surface area (Å²) in [6.07, 6.45) is 9.16. The molecule has 2 aromatic heterocycles. The summed E-state index contributed by atoms with van der Waals surface area (Å²) < 4.78 is 35.5. The molecule has 0 saturated carbocycles. The molecular formula is C33H32F2N6O3. The minimum absolute atomic E-state index is 0.0326. The summed E-state index contributed by atoms with van der Waals surface area (Å²) in [7, 11) is 0. The van der Waals surface area contributed by atoms with E-state index in [0.29, 0.717) is 76.9 Å². The van der Waals surface area contributed by atoms with Crippen LogP contribution in [0.4, 0.5) is 14.6 Å². The third kappa shape index (κ3) is 4.39. The van der Waals surface area contributed by atoms with E-state index in [9.17, 15) is 18.7 Å². The van der Waals surface area contributed by atoms with Crippen molar-refractivity contribution in [3.05, 3.63) is 52.1 Å². The number of rotatable bonds is 5. The number of phenols is 1. The van der Waals surface area contributed by atoms with Gasteiger partial charge < -0.3 is 25.0 Å². The van der Waals surface area contributed by atoms with Crippen molar-refractivity contribution in [3.8, 4) is 35.4 Å². The summed E-state index contributed by atoms with van der Waals surface area (Å²) in [5.74, 6) is 2.27. The molecule has 4 aliphatic heterocycles. The zero-order valence-corrected chi connectivity index (χ0v) is 24.1. The van der Waals surface area contributed by atoms with Crippen LogP contribution in [0.3, 0.4) is 0 Å². The first-order chi connectivity index (χ1) is 21.3. The fraction of sp³-hybridized carbons (Fsp3) is 0.424. The highest BCUT2D eigenvalue weighted by atomic mass is 19.1. The molecule has 4 aromatic rings. The molecule has 2 bridgehead atoms. The van der Waals surface area contributed by atoms with E-state index in [-0.39, 0.29) is 29.5 Å². The van der Waals surface area contributed by atoms with Crippen molar-refractivity contribution < 1.29 is 18.6 Å². The first-order valence-corrected chi connectivity index (χ1v) is 15.2. The van der Waals surface area contributed by atoms with Crippen LogP contribution in [-0.2, 0) is 0 Å². The maximum Gasteiger partial charge on any atom is 0.319 e. The second-order valence-electron chi connectivity index (χ2n) is 12.7. The Hall–Kier alpha value is -4.27. The monoisotopic (exact) mass is 598 g/mol. The molecule has 6 heterocycles. The van der Waals surface area contributed by atoms with Gasteiger partial charge in [-0.05, 0) is 61.9 Å². The van der Waals surface area contributed by atoms with Crippen LogP contribution in [0.1, 0.15) is 37.7 Å². The molecule has 2 aromatic carbocycles. The number of hydrogen-bond acceptors (Lipinski definition) is 8. The minimum atomic E-state index is -0.890. The van der Waals surface area contributed by atoms with E-state index >= 15 is 0 Å². The number of ether oxygens (including phenoxy) is 1. The number of alkyl halides is 1. The number of nitrogens with one attached hydrogen (secondary N) is 2. The standard InChI is InChI=1S/C33H32F2N6O3/c1-2-23-25(35)7-4-18-10-22(42)11-24(28(18)23)26-12-27-29(31(43)37-26)30(40-15-20-5-6-21(16-40)36-20)39-32(38-27)44-17-33-8-3-9-41(33)14-19(34)13-33/h1,4,7,10-12,19-21,36,42H,3,5-6,8-9,13-17H2,(H,37,43)/t19-,20?,21?,33?/m1/s1. The third-order valence-corrected chi connectivity index (χ3v) is 9.89. The summed E-state index contributed by atoms with van der Waals surface area (Å²) in [5.41, 5.74) is 0.261. The Kier molecular flexibility index (Phi) is 6.29. The smallest absolute Gasteiger partial charge is 0.319 e. The van der Waals surface area contributed by atoms with E-state index in [0.717, 1.165) is 32.2 Å². The number of aromatic amines is 1. The van der Waals surface area contributed by atoms with Crippen molar-refractivity contribution in [3.63, 3.8) is 0 Å². The lowest BCUT2D eigenvalue weighted by molar-refractivity contribution is 0.107. The molecule has 0 spiro atoms. The normalized spacial score (nSPS) is 26.4. The molecule has 4 atom stereocenters. The quantitative estimate of drug-likeness (QED) is 0.298. The maximum absolute atomic E-state index is 14.8. The van der Waals surface area contributed by atoms with E-state index in [2.05, 4.69) is 26.0 Å². The van der Waals surface area contributed by atoms with Gasteiger partial charge in [0.05, 0.1) is 22.3 Å². The summed E-state index contributed by atoms with van der Waals surface area (Å²) in [5, 5.41) is 15.4. The Balaban J connectivity index is 1.28. The number of halogens is 2. The van der Waals surface area contributed by atoms with E-state index < -0.39 is 17.5 Å². The molecule has 4 saturated heterocycles. The summed E-state index contributed by atoms with van der Waals surface area (Å²) in [6.45, 7) is 2.88. The van der Waals surface area contributed by atoms with Crippen molar-refractivity contribution in [1.29, 1.82) is 0 Å². The van der Waals surface area contributed by atoms with Gasteiger partial charge in [-0.25, -0.2) is 8.78 Å². The van der Waals surface area contributed by atoms with Crippen LogP contribution in [0.2, 0.25) is 0 Å². The molecule has 3 unspecified atom stereocenters. The van der Waals surface area contributed by atoms with Crippen LogP contribution in [0.25, 0.3) is 32.9 Å². The highest BCUT2D eigenvalue weighted by molar-refractivity contribution is 6.02. The van der Waals surface area contributed by atoms with E-state index in [1.165, 1.54) is 24.3 Å². The van der Waals surface area contributed by atoms with Crippen molar-refractivity contribution in [2.75, 3.05) is 37.7 Å². The molecular weight excluding hydrogens is 566 g/mol. The number of nitrogens with zero attached hydrogens (tertiary/aromatic N) is 4. The number of benzene rings is 2. The lowest BCUT2D eigenvalue weighted by Crippen LogP contribution is -2.51. The third-order valence-electron chi connectivity index (χ3n) is 9.89.